The SMILES string of the molecule is CCc1cc(=O)[nH]c(-c2ccc(NCC3CC34CCCc3ccccc34)nc2)n1. The highest BCUT2D eigenvalue weighted by atomic mass is 16.1. The number of pyridine rings is 1. The predicted octanol–water partition coefficient (Wildman–Crippen LogP) is 4.10. The molecule has 1 spiro atoms. The molecule has 2 aliphatic carbocycles. The van der Waals surface area contributed by atoms with Crippen molar-refractivity contribution in [2.75, 3.05) is 11.9 Å². The number of H-pyrrole nitrogens is 1. The molecule has 0 bridgehead atoms. The second kappa shape index (κ2) is 7.14. The van der Waals surface area contributed by atoms with E-state index in [0.717, 1.165) is 30.0 Å². The standard InChI is InChI=1S/C24H26N4O/c1-2-19-12-22(29)28-23(27-19)17-9-10-21(25-14-17)26-15-18-13-24(18)11-5-7-16-6-3-4-8-20(16)24/h3-4,6,8-10,12,14,18H,2,5,7,11,13,15H2,1H3,(H,25,26)(H,27,28,29). The first-order valence-electron chi connectivity index (χ1n) is 10.6. The average Bonchev–Trinajstić information content (AvgIpc) is 3.45. The highest BCUT2D eigenvalue weighted by molar-refractivity contribution is 5.56. The molecule has 2 N–H and O–H groups in total. The molecule has 1 fully saturated rings. The average molecular weight is 386 g/mol. The maximum absolute atomic E-state index is 11.8. The van der Waals surface area contributed by atoms with Gasteiger partial charge in [0.05, 0.1) is 0 Å². The molecule has 148 valence electrons. The maximum atomic E-state index is 11.8. The van der Waals surface area contributed by atoms with Gasteiger partial charge < -0.3 is 10.3 Å². The highest BCUT2D eigenvalue weighted by Crippen LogP contribution is 2.60. The maximum Gasteiger partial charge on any atom is 0.251 e. The molecule has 5 nitrogen and oxygen atoms in total. The Morgan fingerprint density at radius 2 is 2.14 bits per heavy atom. The van der Waals surface area contributed by atoms with Gasteiger partial charge in [-0.25, -0.2) is 9.97 Å². The van der Waals surface area contributed by atoms with E-state index in [1.54, 1.807) is 23.4 Å². The molecule has 0 amide bonds. The minimum absolute atomic E-state index is 0.124. The Morgan fingerprint density at radius 1 is 1.24 bits per heavy atom. The molecule has 2 atom stereocenters. The number of nitrogens with one attached hydrogen (secondary N) is 2. The Kier molecular flexibility index (Phi) is 4.46. The van der Waals surface area contributed by atoms with Gasteiger partial charge in [0, 0.05) is 35.5 Å². The van der Waals surface area contributed by atoms with Crippen molar-refractivity contribution in [1.82, 2.24) is 15.0 Å². The van der Waals surface area contributed by atoms with Crippen molar-refractivity contribution in [3.05, 3.63) is 75.8 Å². The molecule has 29 heavy (non-hydrogen) atoms. The number of nitrogens with zero attached hydrogens (tertiary/aromatic N) is 2. The fourth-order valence-electron chi connectivity index (χ4n) is 4.93. The van der Waals surface area contributed by atoms with Crippen LogP contribution in [-0.4, -0.2) is 21.5 Å². The van der Waals surface area contributed by atoms with E-state index in [9.17, 15) is 4.79 Å². The zero-order valence-electron chi connectivity index (χ0n) is 16.7. The van der Waals surface area contributed by atoms with E-state index in [-0.39, 0.29) is 5.56 Å². The van der Waals surface area contributed by atoms with Crippen molar-refractivity contribution in [1.29, 1.82) is 0 Å². The van der Waals surface area contributed by atoms with Crippen LogP contribution in [0, 0.1) is 5.92 Å². The van der Waals surface area contributed by atoms with Crippen LogP contribution < -0.4 is 10.9 Å². The number of aromatic amines is 1. The van der Waals surface area contributed by atoms with Gasteiger partial charge in [0.25, 0.3) is 5.56 Å². The van der Waals surface area contributed by atoms with E-state index in [2.05, 4.69) is 44.5 Å². The molecule has 2 heterocycles. The second-order valence-electron chi connectivity index (χ2n) is 8.32. The lowest BCUT2D eigenvalue weighted by Crippen LogP contribution is -2.21. The summed E-state index contributed by atoms with van der Waals surface area (Å²) in [6, 6.07) is 14.5. The molecule has 0 radical (unpaired) electrons. The second-order valence-corrected chi connectivity index (χ2v) is 8.32. The van der Waals surface area contributed by atoms with Crippen LogP contribution in [0.15, 0.2) is 53.5 Å². The molecular formula is C24H26N4O. The summed E-state index contributed by atoms with van der Waals surface area (Å²) < 4.78 is 0. The van der Waals surface area contributed by atoms with Gasteiger partial charge in [-0.15, -0.1) is 0 Å². The molecule has 3 aromatic rings. The third kappa shape index (κ3) is 3.35. The van der Waals surface area contributed by atoms with Gasteiger partial charge in [0.1, 0.15) is 11.6 Å². The minimum Gasteiger partial charge on any atom is -0.370 e. The molecular weight excluding hydrogens is 360 g/mol. The molecule has 5 rings (SSSR count). The number of aryl methyl sites for hydroxylation is 2. The van der Waals surface area contributed by atoms with E-state index in [0.29, 0.717) is 17.2 Å². The van der Waals surface area contributed by atoms with Crippen LogP contribution in [0.5, 0.6) is 0 Å². The topological polar surface area (TPSA) is 70.7 Å². The number of hydrogen-bond acceptors (Lipinski definition) is 4. The number of aromatic nitrogens is 3. The summed E-state index contributed by atoms with van der Waals surface area (Å²) >= 11 is 0. The van der Waals surface area contributed by atoms with Gasteiger partial charge in [-0.2, -0.15) is 0 Å². The van der Waals surface area contributed by atoms with Crippen LogP contribution in [0.2, 0.25) is 0 Å². The van der Waals surface area contributed by atoms with E-state index < -0.39 is 0 Å². The van der Waals surface area contributed by atoms with Gasteiger partial charge in [0.2, 0.25) is 0 Å². The van der Waals surface area contributed by atoms with Gasteiger partial charge in [0.15, 0.2) is 0 Å². The van der Waals surface area contributed by atoms with Gasteiger partial charge in [-0.1, -0.05) is 31.2 Å². The largest absolute Gasteiger partial charge is 0.370 e. The molecule has 5 heteroatoms. The van der Waals surface area contributed by atoms with E-state index in [4.69, 9.17) is 0 Å². The Hall–Kier alpha value is -2.95. The Morgan fingerprint density at radius 3 is 2.97 bits per heavy atom. The summed E-state index contributed by atoms with van der Waals surface area (Å²) in [5.74, 6) is 2.12. The summed E-state index contributed by atoms with van der Waals surface area (Å²) in [5.41, 5.74) is 4.99. The summed E-state index contributed by atoms with van der Waals surface area (Å²) in [4.78, 5) is 23.6. The van der Waals surface area contributed by atoms with Crippen LogP contribution in [-0.2, 0) is 18.3 Å². The molecule has 2 aliphatic rings. The first-order chi connectivity index (χ1) is 14.2. The Labute approximate surface area is 170 Å². The molecule has 1 saturated carbocycles. The fraction of sp³-hybridized carbons (Fsp3) is 0.375. The number of hydrogen-bond donors (Lipinski definition) is 2. The number of rotatable bonds is 5. The summed E-state index contributed by atoms with van der Waals surface area (Å²) in [5, 5.41) is 3.52. The number of benzene rings is 1. The highest BCUT2D eigenvalue weighted by Gasteiger charge is 2.55. The molecule has 2 aromatic heterocycles. The monoisotopic (exact) mass is 386 g/mol. The fourth-order valence-corrected chi connectivity index (χ4v) is 4.93. The van der Waals surface area contributed by atoms with Crippen molar-refractivity contribution in [2.24, 2.45) is 5.92 Å². The van der Waals surface area contributed by atoms with Crippen molar-refractivity contribution < 1.29 is 0 Å². The zero-order valence-corrected chi connectivity index (χ0v) is 16.7. The minimum atomic E-state index is -0.124. The quantitative estimate of drug-likeness (QED) is 0.693. The lowest BCUT2D eigenvalue weighted by molar-refractivity contribution is 0.503. The van der Waals surface area contributed by atoms with Crippen LogP contribution in [0.4, 0.5) is 5.82 Å². The van der Waals surface area contributed by atoms with Gasteiger partial charge >= 0.3 is 0 Å². The number of anilines is 1. The summed E-state index contributed by atoms with van der Waals surface area (Å²) in [6.07, 6.45) is 7.59. The summed E-state index contributed by atoms with van der Waals surface area (Å²) in [7, 11) is 0. The normalized spacial score (nSPS) is 22.3. The lowest BCUT2D eigenvalue weighted by Gasteiger charge is -2.26. The molecule has 1 aromatic carbocycles. The first-order valence-corrected chi connectivity index (χ1v) is 10.6. The number of fused-ring (bicyclic) bond motifs is 2. The Bertz CT molecular complexity index is 1090. The zero-order chi connectivity index (χ0) is 19.8. The molecule has 2 unspecified atom stereocenters. The third-order valence-electron chi connectivity index (χ3n) is 6.58. The van der Waals surface area contributed by atoms with Crippen molar-refractivity contribution >= 4 is 5.82 Å². The van der Waals surface area contributed by atoms with Crippen LogP contribution in [0.3, 0.4) is 0 Å². The van der Waals surface area contributed by atoms with E-state index in [1.165, 1.54) is 25.7 Å². The van der Waals surface area contributed by atoms with Crippen LogP contribution in [0.1, 0.15) is 43.0 Å². The van der Waals surface area contributed by atoms with E-state index in [1.807, 2.05) is 19.1 Å². The van der Waals surface area contributed by atoms with E-state index >= 15 is 0 Å². The van der Waals surface area contributed by atoms with Crippen molar-refractivity contribution in [3.63, 3.8) is 0 Å². The van der Waals surface area contributed by atoms with Gasteiger partial charge in [-0.05, 0) is 61.3 Å². The van der Waals surface area contributed by atoms with Crippen LogP contribution in [0.25, 0.3) is 11.4 Å². The van der Waals surface area contributed by atoms with Crippen molar-refractivity contribution in [3.8, 4) is 11.4 Å². The first kappa shape index (κ1) is 18.1. The van der Waals surface area contributed by atoms with Crippen LogP contribution >= 0.6 is 0 Å². The Balaban J connectivity index is 1.27. The molecule has 0 saturated heterocycles. The summed E-state index contributed by atoms with van der Waals surface area (Å²) in [6.45, 7) is 2.94. The smallest absolute Gasteiger partial charge is 0.251 e. The van der Waals surface area contributed by atoms with Gasteiger partial charge in [-0.3, -0.25) is 4.79 Å². The third-order valence-corrected chi connectivity index (χ3v) is 6.58. The van der Waals surface area contributed by atoms with Crippen molar-refractivity contribution in [2.45, 2.75) is 44.4 Å². The predicted molar refractivity (Wildman–Crippen MR) is 115 cm³/mol. The molecule has 0 aliphatic heterocycles. The lowest BCUT2D eigenvalue weighted by atomic mass is 9.78.